The number of amides is 1. The standard InChI is InChI=1S/C23H22FN3O2/c24-19-2-1-3-21(28)22(19)14-4-6-15(7-5-14)23(29)27(17-8-9-17)18-10-11-20-16(12-18)13-25-26-20/h1-7,13,17-18,28H,8-12H2,(H,25,26). The maximum atomic E-state index is 14.1. The minimum atomic E-state index is -0.484. The number of aryl methyl sites for hydroxylation is 1. The number of H-pyrrole nitrogens is 1. The lowest BCUT2D eigenvalue weighted by molar-refractivity contribution is 0.0643. The average molecular weight is 391 g/mol. The van der Waals surface area contributed by atoms with E-state index < -0.39 is 5.82 Å². The van der Waals surface area contributed by atoms with E-state index in [0.717, 1.165) is 32.1 Å². The van der Waals surface area contributed by atoms with Gasteiger partial charge in [-0.3, -0.25) is 9.89 Å². The molecule has 148 valence electrons. The fraction of sp³-hybridized carbons (Fsp3) is 0.304. The monoisotopic (exact) mass is 391 g/mol. The molecule has 1 fully saturated rings. The first-order valence-electron chi connectivity index (χ1n) is 10.0. The normalized spacial score (nSPS) is 18.3. The van der Waals surface area contributed by atoms with Crippen LogP contribution in [0.4, 0.5) is 4.39 Å². The molecule has 2 aliphatic rings. The van der Waals surface area contributed by atoms with Gasteiger partial charge in [-0.05, 0) is 67.5 Å². The molecule has 1 atom stereocenters. The average Bonchev–Trinajstić information content (AvgIpc) is 3.44. The van der Waals surface area contributed by atoms with Gasteiger partial charge in [0, 0.05) is 23.3 Å². The molecule has 5 rings (SSSR count). The van der Waals surface area contributed by atoms with Gasteiger partial charge in [0.2, 0.25) is 0 Å². The molecule has 1 amide bonds. The van der Waals surface area contributed by atoms with Crippen molar-refractivity contribution in [1.29, 1.82) is 0 Å². The van der Waals surface area contributed by atoms with Crippen LogP contribution in [0.25, 0.3) is 11.1 Å². The van der Waals surface area contributed by atoms with E-state index in [2.05, 4.69) is 10.2 Å². The van der Waals surface area contributed by atoms with Gasteiger partial charge in [0.25, 0.3) is 5.91 Å². The number of phenols is 1. The minimum absolute atomic E-state index is 0.0220. The molecule has 1 unspecified atom stereocenters. The number of carbonyl (C=O) groups excluding carboxylic acids is 1. The van der Waals surface area contributed by atoms with Gasteiger partial charge < -0.3 is 10.0 Å². The Hall–Kier alpha value is -3.15. The summed E-state index contributed by atoms with van der Waals surface area (Å²) in [4.78, 5) is 15.4. The lowest BCUT2D eigenvalue weighted by atomic mass is 9.91. The van der Waals surface area contributed by atoms with Crippen LogP contribution in [-0.2, 0) is 12.8 Å². The number of aromatic nitrogens is 2. The van der Waals surface area contributed by atoms with Gasteiger partial charge in [0.15, 0.2) is 0 Å². The number of aromatic hydroxyl groups is 1. The second-order valence-electron chi connectivity index (χ2n) is 7.93. The first kappa shape index (κ1) is 17.9. The van der Waals surface area contributed by atoms with Crippen molar-refractivity contribution in [1.82, 2.24) is 15.1 Å². The summed E-state index contributed by atoms with van der Waals surface area (Å²) < 4.78 is 14.1. The molecule has 29 heavy (non-hydrogen) atoms. The second kappa shape index (κ2) is 7.03. The molecule has 0 radical (unpaired) electrons. The second-order valence-corrected chi connectivity index (χ2v) is 7.93. The lowest BCUT2D eigenvalue weighted by Gasteiger charge is -2.34. The van der Waals surface area contributed by atoms with Crippen LogP contribution in [0.5, 0.6) is 5.75 Å². The zero-order chi connectivity index (χ0) is 20.0. The number of carbonyl (C=O) groups is 1. The van der Waals surface area contributed by atoms with Crippen molar-refractivity contribution < 1.29 is 14.3 Å². The molecule has 2 N–H and O–H groups in total. The number of phenolic OH excluding ortho intramolecular Hbond substituents is 1. The summed E-state index contributed by atoms with van der Waals surface area (Å²) >= 11 is 0. The van der Waals surface area contributed by atoms with E-state index in [1.807, 2.05) is 11.1 Å². The molecule has 1 saturated carbocycles. The number of fused-ring (bicyclic) bond motifs is 1. The quantitative estimate of drug-likeness (QED) is 0.704. The highest BCUT2D eigenvalue weighted by Gasteiger charge is 2.39. The lowest BCUT2D eigenvalue weighted by Crippen LogP contribution is -2.44. The fourth-order valence-corrected chi connectivity index (χ4v) is 4.34. The van der Waals surface area contributed by atoms with Gasteiger partial charge in [-0.2, -0.15) is 5.10 Å². The van der Waals surface area contributed by atoms with Crippen LogP contribution in [0.2, 0.25) is 0 Å². The first-order chi connectivity index (χ1) is 14.1. The van der Waals surface area contributed by atoms with E-state index in [1.165, 1.54) is 29.5 Å². The summed E-state index contributed by atoms with van der Waals surface area (Å²) in [6.45, 7) is 0. The predicted octanol–water partition coefficient (Wildman–Crippen LogP) is 4.08. The minimum Gasteiger partial charge on any atom is -0.507 e. The van der Waals surface area contributed by atoms with Gasteiger partial charge in [-0.25, -0.2) is 4.39 Å². The number of benzene rings is 2. The zero-order valence-electron chi connectivity index (χ0n) is 15.9. The number of aromatic amines is 1. The summed E-state index contributed by atoms with van der Waals surface area (Å²) in [6.07, 6.45) is 6.62. The Morgan fingerprint density at radius 3 is 2.62 bits per heavy atom. The van der Waals surface area contributed by atoms with Crippen molar-refractivity contribution in [3.05, 3.63) is 71.3 Å². The highest BCUT2D eigenvalue weighted by molar-refractivity contribution is 5.95. The number of nitrogens with zero attached hydrogens (tertiary/aromatic N) is 2. The molecule has 0 saturated heterocycles. The van der Waals surface area contributed by atoms with Gasteiger partial charge in [-0.15, -0.1) is 0 Å². The topological polar surface area (TPSA) is 69.2 Å². The predicted molar refractivity (Wildman–Crippen MR) is 107 cm³/mol. The van der Waals surface area contributed by atoms with Gasteiger partial charge in [-0.1, -0.05) is 18.2 Å². The molecular formula is C23H22FN3O2. The molecule has 0 bridgehead atoms. The third-order valence-corrected chi connectivity index (χ3v) is 5.97. The maximum absolute atomic E-state index is 14.1. The molecule has 0 aliphatic heterocycles. The van der Waals surface area contributed by atoms with Crippen LogP contribution in [0.3, 0.4) is 0 Å². The SMILES string of the molecule is O=C(c1ccc(-c2c(O)cccc2F)cc1)N(C1CC1)C1CCc2[nH]ncc2C1. The molecule has 3 aromatic rings. The van der Waals surface area contributed by atoms with Crippen molar-refractivity contribution in [2.24, 2.45) is 0 Å². The van der Waals surface area contributed by atoms with Crippen LogP contribution in [0, 0.1) is 5.82 Å². The smallest absolute Gasteiger partial charge is 0.254 e. The third-order valence-electron chi connectivity index (χ3n) is 5.97. The van der Waals surface area contributed by atoms with E-state index in [1.54, 1.807) is 24.3 Å². The summed E-state index contributed by atoms with van der Waals surface area (Å²) in [6, 6.07) is 11.6. The van der Waals surface area contributed by atoms with E-state index in [9.17, 15) is 14.3 Å². The Labute approximate surface area is 168 Å². The summed E-state index contributed by atoms with van der Waals surface area (Å²) in [7, 11) is 0. The van der Waals surface area contributed by atoms with Crippen LogP contribution in [0.1, 0.15) is 40.9 Å². The Kier molecular flexibility index (Phi) is 4.34. The molecule has 2 aromatic carbocycles. The third kappa shape index (κ3) is 3.28. The van der Waals surface area contributed by atoms with E-state index in [-0.39, 0.29) is 23.3 Å². The van der Waals surface area contributed by atoms with Gasteiger partial charge >= 0.3 is 0 Å². The number of hydrogen-bond donors (Lipinski definition) is 2. The Balaban J connectivity index is 1.40. The Morgan fingerprint density at radius 1 is 1.10 bits per heavy atom. The fourth-order valence-electron chi connectivity index (χ4n) is 4.34. The number of halogens is 1. The molecule has 1 aromatic heterocycles. The van der Waals surface area contributed by atoms with Crippen molar-refractivity contribution in [3.63, 3.8) is 0 Å². The molecular weight excluding hydrogens is 369 g/mol. The van der Waals surface area contributed by atoms with E-state index >= 15 is 0 Å². The van der Waals surface area contributed by atoms with Crippen molar-refractivity contribution in [2.45, 2.75) is 44.2 Å². The van der Waals surface area contributed by atoms with E-state index in [4.69, 9.17) is 0 Å². The molecule has 5 nitrogen and oxygen atoms in total. The van der Waals surface area contributed by atoms with Crippen LogP contribution < -0.4 is 0 Å². The molecule has 0 spiro atoms. The largest absolute Gasteiger partial charge is 0.507 e. The van der Waals surface area contributed by atoms with Gasteiger partial charge in [0.05, 0.1) is 11.8 Å². The first-order valence-corrected chi connectivity index (χ1v) is 10.0. The van der Waals surface area contributed by atoms with Crippen LogP contribution in [0.15, 0.2) is 48.7 Å². The maximum Gasteiger partial charge on any atom is 0.254 e. The van der Waals surface area contributed by atoms with Crippen molar-refractivity contribution in [3.8, 4) is 16.9 Å². The number of nitrogens with one attached hydrogen (secondary N) is 1. The van der Waals surface area contributed by atoms with Crippen molar-refractivity contribution in [2.75, 3.05) is 0 Å². The summed E-state index contributed by atoms with van der Waals surface area (Å²) in [5.41, 5.74) is 3.68. The molecule has 1 heterocycles. The Bertz CT molecular complexity index is 1040. The molecule has 6 heteroatoms. The summed E-state index contributed by atoms with van der Waals surface area (Å²) in [5, 5.41) is 17.2. The van der Waals surface area contributed by atoms with Crippen molar-refractivity contribution >= 4 is 5.91 Å². The van der Waals surface area contributed by atoms with Crippen LogP contribution >= 0.6 is 0 Å². The number of rotatable bonds is 4. The highest BCUT2D eigenvalue weighted by Crippen LogP contribution is 2.35. The Morgan fingerprint density at radius 2 is 1.90 bits per heavy atom. The van der Waals surface area contributed by atoms with Gasteiger partial charge in [0.1, 0.15) is 11.6 Å². The summed E-state index contributed by atoms with van der Waals surface area (Å²) in [5.74, 6) is -0.572. The van der Waals surface area contributed by atoms with Crippen LogP contribution in [-0.4, -0.2) is 38.2 Å². The molecule has 2 aliphatic carbocycles. The zero-order valence-corrected chi connectivity index (χ0v) is 15.9. The number of hydrogen-bond acceptors (Lipinski definition) is 3. The highest BCUT2D eigenvalue weighted by atomic mass is 19.1. The van der Waals surface area contributed by atoms with E-state index in [0.29, 0.717) is 17.2 Å².